The first kappa shape index (κ1) is 116. The van der Waals surface area contributed by atoms with Crippen molar-refractivity contribution in [2.24, 2.45) is 9.77 Å². The maximum atomic E-state index is 12.0. The molecule has 56 heteroatoms. The predicted molar refractivity (Wildman–Crippen MR) is 549 cm³/mol. The molecule has 16 rings (SSSR count). The van der Waals surface area contributed by atoms with Crippen LogP contribution in [0.15, 0.2) is 223 Å². The van der Waals surface area contributed by atoms with E-state index in [1.54, 1.807) is 79.6 Å². The van der Waals surface area contributed by atoms with Crippen LogP contribution in [0.2, 0.25) is 24.8 Å². The van der Waals surface area contributed by atoms with E-state index in [9.17, 15) is 19.2 Å². The molecule has 700 valence electrons. The van der Waals surface area contributed by atoms with E-state index in [1.165, 1.54) is 89.2 Å². The molecule has 13 aromatic rings. The number of hydrogen-bond acceptors (Lipinski definition) is 39. The number of ether oxygens (including phenoxy) is 2. The van der Waals surface area contributed by atoms with Crippen molar-refractivity contribution in [1.29, 1.82) is 1.34 Å². The number of esters is 2. The molecule has 0 bridgehead atoms. The number of thioether (sulfide) groups is 6. The van der Waals surface area contributed by atoms with Crippen LogP contribution in [0.5, 0.6) is 0 Å². The number of aliphatic imine (C=N–C) groups is 1. The zero-order chi connectivity index (χ0) is 97.6. The Hall–Kier alpha value is -9.62. The number of nitrogen functional groups attached to an aromatic ring is 4. The summed E-state index contributed by atoms with van der Waals surface area (Å²) < 4.78 is 16.6. The Labute approximate surface area is 875 Å². The molecule has 6 aromatic carbocycles. The fourth-order valence-corrected chi connectivity index (χ4v) is 12.9. The van der Waals surface area contributed by atoms with Gasteiger partial charge in [0.05, 0.1) is 92.6 Å². The van der Waals surface area contributed by atoms with E-state index in [1.807, 2.05) is 160 Å². The number of carboxylic acid groups (broad SMARTS) is 1. The van der Waals surface area contributed by atoms with Crippen molar-refractivity contribution in [2.75, 3.05) is 106 Å². The Balaban J connectivity index is 0.000000325. The summed E-state index contributed by atoms with van der Waals surface area (Å²) in [6.07, 6.45) is 20.4. The molecule has 0 fully saturated rings. The number of halogens is 7. The van der Waals surface area contributed by atoms with Crippen LogP contribution in [-0.4, -0.2) is 188 Å². The maximum absolute atomic E-state index is 12.0. The fraction of sp³-hybridized carbons (Fsp3) is 0.165. The molecule has 0 unspecified atom stereocenters. The molecule has 1 amide bonds. The van der Waals surface area contributed by atoms with Crippen molar-refractivity contribution in [3.05, 3.63) is 226 Å². The Morgan fingerprint density at radius 2 is 0.889 bits per heavy atom. The Morgan fingerprint density at radius 3 is 1.34 bits per heavy atom. The number of nitrogens with zero attached hydrogens (tertiary/aromatic N) is 20. The molecule has 10 heterocycles. The molecular formula is C79H84BCl7LiN30O8PS6SiU. The first-order chi connectivity index (χ1) is 63.5. The number of azide groups is 1. The number of fused-ring (bicyclic) bond motifs is 9. The zero-order valence-corrected chi connectivity index (χ0v) is 89.7. The molecule has 0 saturated carbocycles. The minimum atomic E-state index is -3.69. The fourth-order valence-electron chi connectivity index (χ4n) is 10.1. The van der Waals surface area contributed by atoms with Crippen LogP contribution in [-0.2, 0) is 9.47 Å². The number of anilines is 15. The second kappa shape index (κ2) is 57.6. The number of aromatic nitrogens is 16. The van der Waals surface area contributed by atoms with Crippen molar-refractivity contribution in [1.82, 2.24) is 80.0 Å². The second-order valence-electron chi connectivity index (χ2n) is 26.2. The van der Waals surface area contributed by atoms with E-state index in [0.717, 1.165) is 39.7 Å². The summed E-state index contributed by atoms with van der Waals surface area (Å²) in [6, 6.07) is 44.6. The number of rotatable bonds is 16. The van der Waals surface area contributed by atoms with Crippen molar-refractivity contribution < 1.29 is 89.2 Å². The molecule has 0 atom stereocenters. The van der Waals surface area contributed by atoms with E-state index in [-0.39, 0.29) is 95.6 Å². The third kappa shape index (κ3) is 37.7. The number of aromatic carboxylic acids is 1. The number of hydrogen-bond donors (Lipinski definition) is 11. The number of tetrazole rings is 1. The molecule has 0 aliphatic carbocycles. The number of carbonyl (C=O) groups excluding carboxylic acids is 3. The van der Waals surface area contributed by atoms with Crippen LogP contribution in [0, 0.1) is 31.1 Å². The zero-order valence-electron chi connectivity index (χ0n) is 74.5. The van der Waals surface area contributed by atoms with E-state index in [0.29, 0.717) is 117 Å². The molecule has 3 aliphatic rings. The van der Waals surface area contributed by atoms with Crippen LogP contribution in [0.25, 0.3) is 27.5 Å². The summed E-state index contributed by atoms with van der Waals surface area (Å²) in [7, 11) is 2.30. The maximum Gasteiger partial charge on any atom is 1.00 e. The largest absolute Gasteiger partial charge is 1.00 e. The van der Waals surface area contributed by atoms with Crippen molar-refractivity contribution >= 4 is 291 Å². The summed E-state index contributed by atoms with van der Waals surface area (Å²) in [4.78, 5) is 104. The SMILES string of the molecule is CCOC(=O)c1cnc(SC)nc1Cl.CCOC(=O)c1cnc(SC)nc1Nc1ccccc1N.CSc1ncc(C(=O)O)c(Nc2ccccc2N)n1.CSc1ncc2c(n1)Nc1ccccc1-n1nnnc1-2.CSc1ncc2c(n1)Nc1ccccc1N=C2Cl.CSc1ncc2c(n1)Nc1ccccc1NC2=O.C[Si](C)(C)N=[N+]=[N-].ClP(Cl)(Cl)(Cl)Cl.Nc1ccccc1N.[3H][B].[Li+].[OH-].[U]. The monoisotopic (exact) mass is 2330 g/mol. The van der Waals surface area contributed by atoms with E-state index < -0.39 is 29.5 Å². The van der Waals surface area contributed by atoms with Gasteiger partial charge in [-0.05, 0) is 146 Å². The normalized spacial score (nSPS) is 11.2. The van der Waals surface area contributed by atoms with Gasteiger partial charge in [-0.2, -0.15) is 4.68 Å². The Bertz CT molecular complexity index is 6250. The van der Waals surface area contributed by atoms with Crippen LogP contribution in [0.3, 0.4) is 0 Å². The Morgan fingerprint density at radius 1 is 0.526 bits per heavy atom. The van der Waals surface area contributed by atoms with Crippen LogP contribution < -0.4 is 73.7 Å². The second-order valence-corrected chi connectivity index (χ2v) is 52.7. The third-order valence-electron chi connectivity index (χ3n) is 16.0. The minimum Gasteiger partial charge on any atom is -0.870 e. The average Bonchev–Trinajstić information content (AvgIpc) is 1.62. The number of amides is 1. The van der Waals surface area contributed by atoms with E-state index in [2.05, 4.69) is 130 Å². The first-order valence-corrected chi connectivity index (χ1v) is 55.9. The van der Waals surface area contributed by atoms with Crippen molar-refractivity contribution in [2.45, 2.75) is 64.4 Å². The molecule has 135 heavy (non-hydrogen) atoms. The van der Waals surface area contributed by atoms with Gasteiger partial charge in [0.25, 0.3) is 5.91 Å². The Kier molecular flexibility index (Phi) is 49.4. The minimum absolute atomic E-state index is 0. The molecule has 0 spiro atoms. The standard InChI is InChI=1S/C14H16N4O2S.C12H9ClN4S.C12H9N7S.C12H12N4O2S.C12H10N4OS.C8H9ClN2O2S.C6H8N2.C3H9N3Si.BH.Cl5P.Li.H2O.U/c1-3-20-13(19)9-8-16-14(21-2)18-12(9)17-11-7-5-4-6-10(11)15;1-18-12-14-6-7-10(13)15-8-4-2-3-5-9(8)16-11(7)17-12;1-20-12-13-6-7-10(15-12)14-8-4-2-3-5-9(8)19-11(7)16-17-18-19;1-19-12-14-6-7(11(17)18)10(16-12)15-9-5-3-2-4-8(9)13;1-18-12-13-6-7-10(16-12)14-8-4-2-3-5-9(8)15-11(7)17;1-3-13-7(12)5-4-10-8(14-2)11-6(5)9;7-5-3-1-2-4-6(5)8;1-7(2,3)6-5-4;;1-6(2,3,4)5;;;/h4-8H,3,15H2,1-2H3,(H,16,17,18);2-6H,1H3,(H,14,16,17);2-6H,1H3,(H,13,14,15);2-6H,13H2,1H3,(H,17,18)(H,14,15,16);2-6H,1H3,(H,15,17)(H,13,14,16);4H,3H2,1-2H3;1-4H,7-8H2;1-3H3;1H;;;1H2;/q;;;;;;;;;;+1;;/p-1/i;;;;;;;;1T;;;;. The van der Waals surface area contributed by atoms with Gasteiger partial charge >= 0.3 is 96.3 Å². The van der Waals surface area contributed by atoms with Gasteiger partial charge < -0.3 is 74.9 Å². The molecule has 38 nitrogen and oxygen atoms in total. The van der Waals surface area contributed by atoms with Gasteiger partial charge in [-0.1, -0.05) is 186 Å². The van der Waals surface area contributed by atoms with Gasteiger partial charge in [-0.15, -0.1) is 9.88 Å². The number of carboxylic acids is 1. The summed E-state index contributed by atoms with van der Waals surface area (Å²) in [6.45, 7) is 10.0. The number of benzene rings is 6. The number of para-hydroxylation sites is 12. The van der Waals surface area contributed by atoms with Crippen LogP contribution in [0.1, 0.15) is 60.8 Å². The van der Waals surface area contributed by atoms with Gasteiger partial charge in [-0.25, -0.2) is 79.2 Å². The van der Waals surface area contributed by atoms with Gasteiger partial charge in [0, 0.05) is 76.7 Å². The average molecular weight is 2340 g/mol. The van der Waals surface area contributed by atoms with Crippen LogP contribution >= 0.6 is 153 Å². The summed E-state index contributed by atoms with van der Waals surface area (Å²) >= 11 is 45.4. The molecular weight excluding hydrogens is 2250 g/mol. The van der Waals surface area contributed by atoms with Gasteiger partial charge in [0.2, 0.25) is 0 Å². The molecule has 0 saturated heterocycles. The predicted octanol–water partition coefficient (Wildman–Crippen LogP) is 18.4. The van der Waals surface area contributed by atoms with Crippen molar-refractivity contribution in [3.8, 4) is 17.1 Å². The number of nitrogens with one attached hydrogen (secondary N) is 6. The number of carbonyl (C=O) groups is 4. The van der Waals surface area contributed by atoms with E-state index >= 15 is 0 Å². The summed E-state index contributed by atoms with van der Waals surface area (Å²) in [5.74, 6) is 0.919. The van der Waals surface area contributed by atoms with Gasteiger partial charge in [0.1, 0.15) is 69.9 Å². The third-order valence-corrected chi connectivity index (χ3v) is 20.6. The molecule has 7 aromatic heterocycles. The molecule has 3 aliphatic heterocycles. The summed E-state index contributed by atoms with van der Waals surface area (Å²) in [5.41, 5.74) is 41.5. The quantitative estimate of drug-likeness (QED) is 0.00409. The smallest absolute Gasteiger partial charge is 0.870 e. The van der Waals surface area contributed by atoms with Gasteiger partial charge in [-0.3, -0.25) is 4.79 Å². The van der Waals surface area contributed by atoms with E-state index in [4.69, 9.17) is 124 Å². The van der Waals surface area contributed by atoms with Crippen LogP contribution in [0.4, 0.5) is 91.7 Å². The molecule has 2 radical (unpaired) electrons. The van der Waals surface area contributed by atoms with Crippen molar-refractivity contribution in [3.63, 3.8) is 0 Å². The summed E-state index contributed by atoms with van der Waals surface area (Å²) in [5, 5.41) is 43.7. The first-order valence-electron chi connectivity index (χ1n) is 38.2. The molecule has 16 N–H and O–H groups in total. The topological polar surface area (TPSA) is 573 Å². The number of nitrogens with two attached hydrogens (primary N) is 4. The van der Waals surface area contributed by atoms with Gasteiger partial charge in [0.15, 0.2) is 36.8 Å².